The molecule has 0 radical (unpaired) electrons. The Hall–Kier alpha value is -3.35. The quantitative estimate of drug-likeness (QED) is 0.522. The minimum atomic E-state index is -0.895. The summed E-state index contributed by atoms with van der Waals surface area (Å²) in [6, 6.07) is 15.4. The number of nitrogens with zero attached hydrogens (tertiary/aromatic N) is 1. The number of carbonyl (C=O) groups is 3. The summed E-state index contributed by atoms with van der Waals surface area (Å²) in [7, 11) is 0. The summed E-state index contributed by atoms with van der Waals surface area (Å²) in [5, 5.41) is 5.87. The van der Waals surface area contributed by atoms with E-state index in [0.29, 0.717) is 0 Å². The number of hydrogen-bond donors (Lipinski definition) is 2. The van der Waals surface area contributed by atoms with E-state index in [4.69, 9.17) is 4.74 Å². The maximum absolute atomic E-state index is 14.3. The number of rotatable bonds is 8. The summed E-state index contributed by atoms with van der Waals surface area (Å²) in [4.78, 5) is 42.4. The molecule has 2 unspecified atom stereocenters. The Bertz CT molecular complexity index is 1080. The molecule has 7 heteroatoms. The fourth-order valence-corrected chi connectivity index (χ4v) is 4.18. The van der Waals surface area contributed by atoms with Crippen LogP contribution in [0.1, 0.15) is 77.1 Å². The molecule has 0 aromatic heterocycles. The molecule has 0 aliphatic heterocycles. The molecule has 1 saturated carbocycles. The molecule has 2 aromatic carbocycles. The Kier molecular flexibility index (Phi) is 8.67. The van der Waals surface area contributed by atoms with E-state index in [1.807, 2.05) is 82.3 Å². The maximum atomic E-state index is 14.3. The first-order valence-electron chi connectivity index (χ1n) is 13.0. The van der Waals surface area contributed by atoms with Crippen LogP contribution in [0.4, 0.5) is 4.79 Å². The van der Waals surface area contributed by atoms with Crippen LogP contribution < -0.4 is 10.6 Å². The Morgan fingerprint density at radius 1 is 0.946 bits per heavy atom. The number of aryl methyl sites for hydroxylation is 1. The average molecular weight is 508 g/mol. The molecular formula is C30H41N3O4. The number of carbonyl (C=O) groups excluding carboxylic acids is 3. The first-order valence-corrected chi connectivity index (χ1v) is 13.0. The molecule has 2 N–H and O–H groups in total. The van der Waals surface area contributed by atoms with E-state index < -0.39 is 29.3 Å². The van der Waals surface area contributed by atoms with Gasteiger partial charge in [0.25, 0.3) is 0 Å². The molecule has 2 atom stereocenters. The molecule has 3 rings (SSSR count). The molecule has 3 amide bonds. The molecule has 1 aliphatic rings. The third kappa shape index (κ3) is 8.62. The number of ether oxygens (including phenoxy) is 1. The summed E-state index contributed by atoms with van der Waals surface area (Å²) in [6.07, 6.45) is 1.23. The van der Waals surface area contributed by atoms with Crippen LogP contribution in [0, 0.1) is 6.92 Å². The van der Waals surface area contributed by atoms with Crippen LogP contribution in [0.5, 0.6) is 0 Å². The van der Waals surface area contributed by atoms with Gasteiger partial charge in [0, 0.05) is 18.0 Å². The van der Waals surface area contributed by atoms with E-state index in [1.165, 1.54) is 0 Å². The Balaban J connectivity index is 2.00. The Morgan fingerprint density at radius 3 is 2.05 bits per heavy atom. The summed E-state index contributed by atoms with van der Waals surface area (Å²) in [5.74, 6) is -0.542. The molecule has 1 fully saturated rings. The van der Waals surface area contributed by atoms with Crippen molar-refractivity contribution in [3.8, 4) is 0 Å². The van der Waals surface area contributed by atoms with E-state index >= 15 is 0 Å². The van der Waals surface area contributed by atoms with Gasteiger partial charge >= 0.3 is 6.09 Å². The fraction of sp³-hybridized carbons (Fsp3) is 0.500. The molecule has 1 aliphatic carbocycles. The van der Waals surface area contributed by atoms with Gasteiger partial charge in [-0.3, -0.25) is 9.59 Å². The van der Waals surface area contributed by atoms with Crippen molar-refractivity contribution in [1.82, 2.24) is 15.5 Å². The molecule has 7 nitrogen and oxygen atoms in total. The highest BCUT2D eigenvalue weighted by Gasteiger charge is 2.44. The van der Waals surface area contributed by atoms with Gasteiger partial charge < -0.3 is 20.3 Å². The van der Waals surface area contributed by atoms with Crippen LogP contribution in [0.2, 0.25) is 0 Å². The number of hydrogen-bond acceptors (Lipinski definition) is 4. The number of nitrogens with one attached hydrogen (secondary N) is 2. The van der Waals surface area contributed by atoms with Gasteiger partial charge in [0.15, 0.2) is 0 Å². The lowest BCUT2D eigenvalue weighted by atomic mass is 9.98. The lowest BCUT2D eigenvalue weighted by Gasteiger charge is -2.36. The minimum Gasteiger partial charge on any atom is -0.444 e. The number of benzene rings is 2. The highest BCUT2D eigenvalue weighted by molar-refractivity contribution is 5.93. The molecule has 0 bridgehead atoms. The van der Waals surface area contributed by atoms with Gasteiger partial charge in [-0.15, -0.1) is 0 Å². The zero-order valence-corrected chi connectivity index (χ0v) is 23.1. The first-order chi connectivity index (χ1) is 17.2. The highest BCUT2D eigenvalue weighted by atomic mass is 16.6. The third-order valence-corrected chi connectivity index (χ3v) is 5.88. The second-order valence-corrected chi connectivity index (χ2v) is 11.9. The maximum Gasteiger partial charge on any atom is 0.408 e. The van der Waals surface area contributed by atoms with Crippen molar-refractivity contribution in [3.05, 3.63) is 71.3 Å². The van der Waals surface area contributed by atoms with Crippen molar-refractivity contribution in [2.75, 3.05) is 0 Å². The van der Waals surface area contributed by atoms with E-state index in [2.05, 4.69) is 10.6 Å². The van der Waals surface area contributed by atoms with Crippen LogP contribution in [0.3, 0.4) is 0 Å². The molecule has 200 valence electrons. The second-order valence-electron chi connectivity index (χ2n) is 11.9. The topological polar surface area (TPSA) is 87.7 Å². The van der Waals surface area contributed by atoms with Gasteiger partial charge in [0.1, 0.15) is 17.7 Å². The molecule has 0 spiro atoms. The van der Waals surface area contributed by atoms with Gasteiger partial charge in [0.05, 0.1) is 0 Å². The predicted octanol–water partition coefficient (Wildman–Crippen LogP) is 5.08. The SMILES string of the molecule is Cc1ccc(C(C(=O)NC(C)(C)C)N(C(=O)C(Cc2ccccc2)NC(=O)OC(C)(C)C)C2CC2)cc1. The average Bonchev–Trinajstić information content (AvgIpc) is 3.60. The normalized spacial score (nSPS) is 15.3. The van der Waals surface area contributed by atoms with Crippen molar-refractivity contribution in [1.29, 1.82) is 0 Å². The van der Waals surface area contributed by atoms with Crippen molar-refractivity contribution in [2.45, 2.75) is 97.0 Å². The van der Waals surface area contributed by atoms with Gasteiger partial charge in [-0.1, -0.05) is 60.2 Å². The van der Waals surface area contributed by atoms with Gasteiger partial charge in [-0.25, -0.2) is 4.79 Å². The zero-order chi connectivity index (χ0) is 27.4. The zero-order valence-electron chi connectivity index (χ0n) is 23.1. The van der Waals surface area contributed by atoms with E-state index in [-0.39, 0.29) is 24.3 Å². The number of amides is 3. The summed E-state index contributed by atoms with van der Waals surface area (Å²) in [5.41, 5.74) is 1.52. The van der Waals surface area contributed by atoms with Crippen LogP contribution >= 0.6 is 0 Å². The van der Waals surface area contributed by atoms with E-state index in [0.717, 1.165) is 29.5 Å². The molecule has 0 heterocycles. The molecule has 37 heavy (non-hydrogen) atoms. The van der Waals surface area contributed by atoms with Crippen molar-refractivity contribution in [2.24, 2.45) is 0 Å². The Morgan fingerprint density at radius 2 is 1.54 bits per heavy atom. The van der Waals surface area contributed by atoms with Crippen LogP contribution in [0.25, 0.3) is 0 Å². The molecule has 0 saturated heterocycles. The molecular weight excluding hydrogens is 466 g/mol. The van der Waals surface area contributed by atoms with E-state index in [1.54, 1.807) is 25.7 Å². The van der Waals surface area contributed by atoms with E-state index in [9.17, 15) is 14.4 Å². The van der Waals surface area contributed by atoms with Gasteiger partial charge in [-0.05, 0) is 72.4 Å². The largest absolute Gasteiger partial charge is 0.444 e. The first kappa shape index (κ1) is 28.2. The summed E-state index contributed by atoms with van der Waals surface area (Å²) >= 11 is 0. The predicted molar refractivity (Wildman–Crippen MR) is 145 cm³/mol. The number of alkyl carbamates (subject to hydrolysis) is 1. The Labute approximate surface area is 221 Å². The van der Waals surface area contributed by atoms with Gasteiger partial charge in [0.2, 0.25) is 11.8 Å². The van der Waals surface area contributed by atoms with Crippen LogP contribution in [0.15, 0.2) is 54.6 Å². The molecule has 2 aromatic rings. The highest BCUT2D eigenvalue weighted by Crippen LogP contribution is 2.36. The van der Waals surface area contributed by atoms with Crippen LogP contribution in [-0.4, -0.2) is 46.0 Å². The fourth-order valence-electron chi connectivity index (χ4n) is 4.18. The third-order valence-electron chi connectivity index (χ3n) is 5.88. The summed E-state index contributed by atoms with van der Waals surface area (Å²) in [6.45, 7) is 13.1. The monoisotopic (exact) mass is 507 g/mol. The van der Waals surface area contributed by atoms with Crippen molar-refractivity contribution < 1.29 is 19.1 Å². The van der Waals surface area contributed by atoms with Gasteiger partial charge in [-0.2, -0.15) is 0 Å². The lowest BCUT2D eigenvalue weighted by Crippen LogP contribution is -2.55. The lowest BCUT2D eigenvalue weighted by molar-refractivity contribution is -0.143. The second kappa shape index (κ2) is 11.4. The minimum absolute atomic E-state index is 0.0803. The van der Waals surface area contributed by atoms with Crippen molar-refractivity contribution >= 4 is 17.9 Å². The standard InChI is InChI=1S/C30H41N3O4/c1-20-13-15-22(16-14-20)25(26(34)32-29(2,3)4)33(23-17-18-23)27(35)24(19-21-11-9-8-10-12-21)31-28(36)37-30(5,6)7/h8-16,23-25H,17-19H2,1-7H3,(H,31,36)(H,32,34). The summed E-state index contributed by atoms with van der Waals surface area (Å²) < 4.78 is 5.48. The van der Waals surface area contributed by atoms with Crippen LogP contribution in [-0.2, 0) is 20.7 Å². The smallest absolute Gasteiger partial charge is 0.408 e. The van der Waals surface area contributed by atoms with Crippen molar-refractivity contribution in [3.63, 3.8) is 0 Å².